The number of carbonyl (C=O) groups excluding carboxylic acids is 1. The summed E-state index contributed by atoms with van der Waals surface area (Å²) in [7, 11) is -4.51. The Morgan fingerprint density at radius 1 is 0.566 bits per heavy atom. The van der Waals surface area contributed by atoms with E-state index in [4.69, 9.17) is 23.6 Å². The van der Waals surface area contributed by atoms with Gasteiger partial charge in [0.2, 0.25) is 0 Å². The molecule has 0 saturated carbocycles. The van der Waals surface area contributed by atoms with Gasteiger partial charge in [0, 0.05) is 13.0 Å². The average molecular weight is 777 g/mol. The number of esters is 1. The molecule has 3 atom stereocenters. The van der Waals surface area contributed by atoms with Gasteiger partial charge >= 0.3 is 13.8 Å². The van der Waals surface area contributed by atoms with E-state index in [0.717, 1.165) is 44.9 Å². The second-order valence-corrected chi connectivity index (χ2v) is 16.5. The van der Waals surface area contributed by atoms with Crippen LogP contribution >= 0.6 is 7.82 Å². The van der Waals surface area contributed by atoms with E-state index in [2.05, 4.69) is 26.0 Å². The van der Waals surface area contributed by atoms with Gasteiger partial charge in [-0.15, -0.1) is 0 Å². The van der Waals surface area contributed by atoms with Crippen LogP contribution in [0.25, 0.3) is 0 Å². The number of phosphoric acid groups is 1. The summed E-state index contributed by atoms with van der Waals surface area (Å²) in [4.78, 5) is 22.6. The maximum absolute atomic E-state index is 12.6. The molecule has 0 spiro atoms. The van der Waals surface area contributed by atoms with Crippen LogP contribution in [0, 0.1) is 0 Å². The molecule has 0 aromatic heterocycles. The number of carbonyl (C=O) groups is 1. The number of aliphatic hydroxyl groups is 2. The summed E-state index contributed by atoms with van der Waals surface area (Å²) in [5.74, 6) is -0.380. The highest BCUT2D eigenvalue weighted by Gasteiger charge is 2.26. The van der Waals surface area contributed by atoms with Crippen LogP contribution in [0.1, 0.15) is 213 Å². The van der Waals surface area contributed by atoms with E-state index in [1.807, 2.05) is 0 Å². The number of unbranched alkanes of at least 4 members (excludes halogenated alkanes) is 27. The zero-order chi connectivity index (χ0) is 38.9. The summed E-state index contributed by atoms with van der Waals surface area (Å²) < 4.78 is 33.4. The number of aliphatic hydroxyl groups excluding tert-OH is 2. The molecule has 0 bridgehead atoms. The number of ether oxygens (including phenoxy) is 2. The Morgan fingerprint density at radius 2 is 0.962 bits per heavy atom. The first-order valence-corrected chi connectivity index (χ1v) is 23.7. The lowest BCUT2D eigenvalue weighted by atomic mass is 10.0. The first kappa shape index (κ1) is 52.2. The Balaban J connectivity index is 4.14. The van der Waals surface area contributed by atoms with Crippen molar-refractivity contribution in [2.24, 2.45) is 0 Å². The van der Waals surface area contributed by atoms with Crippen LogP contribution in [-0.4, -0.2) is 66.3 Å². The van der Waals surface area contributed by atoms with Gasteiger partial charge in [0.15, 0.2) is 0 Å². The van der Waals surface area contributed by atoms with Gasteiger partial charge in [-0.05, 0) is 38.5 Å². The van der Waals surface area contributed by atoms with Crippen LogP contribution in [0.3, 0.4) is 0 Å². The summed E-state index contributed by atoms with van der Waals surface area (Å²) in [6, 6.07) is 0. The van der Waals surface area contributed by atoms with E-state index in [-0.39, 0.29) is 25.6 Å². The van der Waals surface area contributed by atoms with Gasteiger partial charge in [0.05, 0.1) is 26.4 Å². The third-order valence-electron chi connectivity index (χ3n) is 9.70. The van der Waals surface area contributed by atoms with Crippen molar-refractivity contribution in [3.05, 3.63) is 12.2 Å². The fourth-order valence-electron chi connectivity index (χ4n) is 6.29. The molecule has 0 rings (SSSR count). The van der Waals surface area contributed by atoms with Gasteiger partial charge in [-0.25, -0.2) is 4.57 Å². The highest BCUT2D eigenvalue weighted by atomic mass is 31.2. The molecule has 3 unspecified atom stereocenters. The lowest BCUT2D eigenvalue weighted by molar-refractivity contribution is -0.154. The summed E-state index contributed by atoms with van der Waals surface area (Å²) >= 11 is 0. The van der Waals surface area contributed by atoms with Crippen LogP contribution in [0.15, 0.2) is 12.2 Å². The topological polar surface area (TPSA) is 132 Å². The number of phosphoric ester groups is 1. The van der Waals surface area contributed by atoms with Crippen LogP contribution in [0.4, 0.5) is 0 Å². The van der Waals surface area contributed by atoms with Crippen LogP contribution < -0.4 is 0 Å². The van der Waals surface area contributed by atoms with Gasteiger partial charge in [-0.2, -0.15) is 0 Å². The van der Waals surface area contributed by atoms with Gasteiger partial charge in [0.25, 0.3) is 0 Å². The van der Waals surface area contributed by atoms with Crippen molar-refractivity contribution in [1.82, 2.24) is 0 Å². The zero-order valence-electron chi connectivity index (χ0n) is 34.5. The molecular weight excluding hydrogens is 691 g/mol. The molecule has 0 aromatic rings. The highest BCUT2D eigenvalue weighted by molar-refractivity contribution is 7.47. The first-order chi connectivity index (χ1) is 25.8. The fourth-order valence-corrected chi connectivity index (χ4v) is 7.08. The molecule has 0 saturated heterocycles. The quantitative estimate of drug-likeness (QED) is 0.0240. The lowest BCUT2D eigenvalue weighted by Crippen LogP contribution is -2.29. The smallest absolute Gasteiger partial charge is 0.457 e. The predicted molar refractivity (Wildman–Crippen MR) is 219 cm³/mol. The summed E-state index contributed by atoms with van der Waals surface area (Å²) in [5.41, 5.74) is 0. The molecule has 0 aliphatic rings. The van der Waals surface area contributed by atoms with Gasteiger partial charge < -0.3 is 24.6 Å². The minimum absolute atomic E-state index is 0.0506. The third kappa shape index (κ3) is 40.7. The SMILES string of the molecule is CCCCCCCC/C=C\CCCCCCCCOCC(COP(=O)(O)OCC(O)CO)OC(=O)CCCCCCCCCCCCCCCCCC. The molecule has 316 valence electrons. The molecule has 0 fully saturated rings. The molecule has 0 aliphatic heterocycles. The molecule has 53 heavy (non-hydrogen) atoms. The van der Waals surface area contributed by atoms with Crippen molar-refractivity contribution in [3.63, 3.8) is 0 Å². The number of hydrogen-bond acceptors (Lipinski definition) is 8. The first-order valence-electron chi connectivity index (χ1n) is 22.2. The minimum Gasteiger partial charge on any atom is -0.457 e. The van der Waals surface area contributed by atoms with E-state index in [1.165, 1.54) is 148 Å². The molecule has 0 heterocycles. The monoisotopic (exact) mass is 777 g/mol. The summed E-state index contributed by atoms with van der Waals surface area (Å²) in [6.45, 7) is 3.54. The molecule has 3 N–H and O–H groups in total. The Hall–Kier alpha value is -0.800. The van der Waals surface area contributed by atoms with E-state index in [1.54, 1.807) is 0 Å². The molecule has 0 radical (unpaired) electrons. The van der Waals surface area contributed by atoms with Crippen molar-refractivity contribution in [2.45, 2.75) is 225 Å². The Bertz CT molecular complexity index is 841. The second kappa shape index (κ2) is 40.9. The minimum atomic E-state index is -4.51. The number of hydrogen-bond donors (Lipinski definition) is 3. The van der Waals surface area contributed by atoms with Crippen molar-refractivity contribution < 1.29 is 43.0 Å². The fraction of sp³-hybridized carbons (Fsp3) is 0.930. The number of rotatable bonds is 43. The molecular formula is C43H85O9P. The van der Waals surface area contributed by atoms with E-state index in [9.17, 15) is 19.4 Å². The van der Waals surface area contributed by atoms with Crippen molar-refractivity contribution in [1.29, 1.82) is 0 Å². The maximum atomic E-state index is 12.6. The van der Waals surface area contributed by atoms with Gasteiger partial charge in [-0.3, -0.25) is 13.8 Å². The Kier molecular flexibility index (Phi) is 40.2. The normalized spacial score (nSPS) is 14.1. The lowest BCUT2D eigenvalue weighted by Gasteiger charge is -2.20. The van der Waals surface area contributed by atoms with E-state index < -0.39 is 33.2 Å². The second-order valence-electron chi connectivity index (χ2n) is 15.1. The molecule has 0 amide bonds. The highest BCUT2D eigenvalue weighted by Crippen LogP contribution is 2.43. The summed E-state index contributed by atoms with van der Waals surface area (Å²) in [6.07, 6.45) is 40.2. The molecule has 0 aromatic carbocycles. The Labute approximate surface area is 326 Å². The maximum Gasteiger partial charge on any atom is 0.472 e. The standard InChI is InChI=1S/C43H85O9P/c1-3-5-7-9-11-13-15-17-19-21-23-25-27-29-31-33-35-43(46)52-42(40-51-53(47,48)50-38-41(45)37-44)39-49-36-34-32-30-28-26-24-22-20-18-16-14-12-10-8-6-4-2/h18,20,41-42,44-45H,3-17,19,21-40H2,1-2H3,(H,47,48)/b20-18-. The predicted octanol–water partition coefficient (Wildman–Crippen LogP) is 12.1. The van der Waals surface area contributed by atoms with Crippen LogP contribution in [-0.2, 0) is 27.9 Å². The van der Waals surface area contributed by atoms with Crippen molar-refractivity contribution >= 4 is 13.8 Å². The number of allylic oxidation sites excluding steroid dienone is 2. The van der Waals surface area contributed by atoms with Gasteiger partial charge in [-0.1, -0.05) is 180 Å². The van der Waals surface area contributed by atoms with Gasteiger partial charge in [0.1, 0.15) is 12.2 Å². The van der Waals surface area contributed by atoms with Crippen LogP contribution in [0.2, 0.25) is 0 Å². The third-order valence-corrected chi connectivity index (χ3v) is 10.7. The van der Waals surface area contributed by atoms with Crippen molar-refractivity contribution in [2.75, 3.05) is 33.0 Å². The van der Waals surface area contributed by atoms with E-state index >= 15 is 0 Å². The van der Waals surface area contributed by atoms with Crippen molar-refractivity contribution in [3.8, 4) is 0 Å². The van der Waals surface area contributed by atoms with Crippen LogP contribution in [0.5, 0.6) is 0 Å². The average Bonchev–Trinajstić information content (AvgIpc) is 3.15. The largest absolute Gasteiger partial charge is 0.472 e. The molecule has 9 nitrogen and oxygen atoms in total. The Morgan fingerprint density at radius 3 is 1.42 bits per heavy atom. The summed E-state index contributed by atoms with van der Waals surface area (Å²) in [5, 5.41) is 18.3. The molecule has 0 aliphatic carbocycles. The van der Waals surface area contributed by atoms with E-state index in [0.29, 0.717) is 6.61 Å². The zero-order valence-corrected chi connectivity index (χ0v) is 35.4. The molecule has 10 heteroatoms.